The number of hydrogen-bond donors (Lipinski definition) is 1. The van der Waals surface area contributed by atoms with Gasteiger partial charge >= 0.3 is 0 Å². The lowest BCUT2D eigenvalue weighted by Gasteiger charge is -2.47. The first-order chi connectivity index (χ1) is 15.6. The van der Waals surface area contributed by atoms with E-state index in [4.69, 9.17) is 4.42 Å². The predicted octanol–water partition coefficient (Wildman–Crippen LogP) is 3.95. The molecule has 1 saturated heterocycles. The van der Waals surface area contributed by atoms with Crippen LogP contribution in [0, 0.1) is 6.92 Å². The van der Waals surface area contributed by atoms with Crippen molar-refractivity contribution in [2.75, 3.05) is 6.54 Å². The summed E-state index contributed by atoms with van der Waals surface area (Å²) in [5.41, 5.74) is 5.32. The molecule has 2 aromatic carbocycles. The van der Waals surface area contributed by atoms with Crippen molar-refractivity contribution in [3.63, 3.8) is 0 Å². The minimum Gasteiger partial charge on any atom is -0.467 e. The molecule has 0 radical (unpaired) electrons. The molecule has 6 heteroatoms. The summed E-state index contributed by atoms with van der Waals surface area (Å²) in [5, 5.41) is 1.11. The van der Waals surface area contributed by atoms with Crippen LogP contribution in [0.25, 0.3) is 10.9 Å². The molecule has 4 aromatic rings. The van der Waals surface area contributed by atoms with Gasteiger partial charge in [-0.25, -0.2) is 0 Å². The Bertz CT molecular complexity index is 1320. The molecule has 0 bridgehead atoms. The van der Waals surface area contributed by atoms with Crippen LogP contribution >= 0.6 is 0 Å². The summed E-state index contributed by atoms with van der Waals surface area (Å²) in [5.74, 6) is 0.600. The molecule has 0 spiro atoms. The van der Waals surface area contributed by atoms with Crippen molar-refractivity contribution in [1.29, 1.82) is 0 Å². The van der Waals surface area contributed by atoms with Crippen molar-refractivity contribution in [2.24, 2.45) is 0 Å². The highest BCUT2D eigenvalue weighted by molar-refractivity contribution is 5.97. The second-order valence-corrected chi connectivity index (χ2v) is 8.67. The molecular formula is C26H23N3O3. The molecule has 2 amide bonds. The summed E-state index contributed by atoms with van der Waals surface area (Å²) in [6.45, 7) is 2.40. The van der Waals surface area contributed by atoms with Gasteiger partial charge in [-0.05, 0) is 36.2 Å². The molecule has 2 aliphatic heterocycles. The van der Waals surface area contributed by atoms with Crippen LogP contribution in [-0.2, 0) is 22.6 Å². The quantitative estimate of drug-likeness (QED) is 0.540. The van der Waals surface area contributed by atoms with Gasteiger partial charge in [0.25, 0.3) is 0 Å². The number of amides is 2. The van der Waals surface area contributed by atoms with E-state index in [-0.39, 0.29) is 24.4 Å². The summed E-state index contributed by atoms with van der Waals surface area (Å²) in [4.78, 5) is 34.1. The molecule has 6 rings (SSSR count). The zero-order valence-corrected chi connectivity index (χ0v) is 17.7. The number of para-hydroxylation sites is 1. The maximum atomic E-state index is 13.6. The fourth-order valence-corrected chi connectivity index (χ4v) is 5.14. The smallest absolute Gasteiger partial charge is 0.246 e. The average molecular weight is 425 g/mol. The van der Waals surface area contributed by atoms with Crippen LogP contribution in [0.15, 0.2) is 71.3 Å². The van der Waals surface area contributed by atoms with Gasteiger partial charge in [-0.15, -0.1) is 0 Å². The number of nitrogens with zero attached hydrogens (tertiary/aromatic N) is 2. The molecule has 2 unspecified atom stereocenters. The number of aryl methyl sites for hydroxylation is 1. The second-order valence-electron chi connectivity index (χ2n) is 8.67. The van der Waals surface area contributed by atoms with Gasteiger partial charge in [-0.2, -0.15) is 0 Å². The lowest BCUT2D eigenvalue weighted by molar-refractivity contribution is -0.159. The highest BCUT2D eigenvalue weighted by Gasteiger charge is 2.48. The third-order valence-electron chi connectivity index (χ3n) is 6.66. The van der Waals surface area contributed by atoms with Gasteiger partial charge < -0.3 is 19.2 Å². The van der Waals surface area contributed by atoms with E-state index in [9.17, 15) is 9.59 Å². The van der Waals surface area contributed by atoms with E-state index in [1.54, 1.807) is 22.1 Å². The molecule has 1 N–H and O–H groups in total. The van der Waals surface area contributed by atoms with Gasteiger partial charge in [0, 0.05) is 23.0 Å². The monoisotopic (exact) mass is 425 g/mol. The first kappa shape index (κ1) is 18.9. The van der Waals surface area contributed by atoms with Crippen LogP contribution in [0.4, 0.5) is 0 Å². The number of piperazine rings is 1. The van der Waals surface area contributed by atoms with Gasteiger partial charge in [0.15, 0.2) is 0 Å². The van der Waals surface area contributed by atoms with Crippen LogP contribution < -0.4 is 0 Å². The molecule has 2 aliphatic rings. The zero-order chi connectivity index (χ0) is 21.8. The largest absolute Gasteiger partial charge is 0.467 e. The number of aromatic amines is 1. The lowest BCUT2D eigenvalue weighted by Crippen LogP contribution is -2.62. The molecule has 2 aromatic heterocycles. The number of aromatic nitrogens is 1. The highest BCUT2D eigenvalue weighted by atomic mass is 16.3. The molecular weight excluding hydrogens is 402 g/mol. The number of nitrogens with one attached hydrogen (secondary N) is 1. The molecule has 1 fully saturated rings. The molecule has 2 atom stereocenters. The molecule has 6 nitrogen and oxygen atoms in total. The summed E-state index contributed by atoms with van der Waals surface area (Å²) in [7, 11) is 0. The first-order valence-electron chi connectivity index (χ1n) is 10.9. The van der Waals surface area contributed by atoms with Gasteiger partial charge in [0.1, 0.15) is 18.3 Å². The second kappa shape index (κ2) is 7.12. The normalized spacial score (nSPS) is 20.5. The fraction of sp³-hybridized carbons (Fsp3) is 0.231. The third-order valence-corrected chi connectivity index (χ3v) is 6.66. The van der Waals surface area contributed by atoms with Gasteiger partial charge in [-0.3, -0.25) is 9.59 Å². The van der Waals surface area contributed by atoms with Crippen molar-refractivity contribution in [1.82, 2.24) is 14.8 Å². The third kappa shape index (κ3) is 2.87. The Labute approximate surface area is 185 Å². The van der Waals surface area contributed by atoms with Crippen molar-refractivity contribution >= 4 is 22.7 Å². The predicted molar refractivity (Wildman–Crippen MR) is 120 cm³/mol. The van der Waals surface area contributed by atoms with E-state index in [0.717, 1.165) is 33.3 Å². The molecule has 4 heterocycles. The van der Waals surface area contributed by atoms with Crippen molar-refractivity contribution in [3.8, 4) is 0 Å². The van der Waals surface area contributed by atoms with E-state index in [1.165, 1.54) is 0 Å². The standard InChI is InChI=1S/C26H23N3O3/c1-16-8-10-17(11-9-16)25-24-20(19-6-2-3-7-21(19)27-24)13-22-26(31)28(15-23(30)29(22)25)14-18-5-4-12-32-18/h2-12,22,25,27H,13-15H2,1H3. The average Bonchev–Trinajstić information content (AvgIpc) is 3.44. The Balaban J connectivity index is 1.48. The van der Waals surface area contributed by atoms with Crippen LogP contribution in [-0.4, -0.2) is 39.2 Å². The van der Waals surface area contributed by atoms with E-state index in [0.29, 0.717) is 18.7 Å². The van der Waals surface area contributed by atoms with Gasteiger partial charge in [0.2, 0.25) is 11.8 Å². The van der Waals surface area contributed by atoms with E-state index < -0.39 is 6.04 Å². The van der Waals surface area contributed by atoms with Crippen LogP contribution in [0.2, 0.25) is 0 Å². The topological polar surface area (TPSA) is 69.5 Å². The maximum Gasteiger partial charge on any atom is 0.246 e. The molecule has 160 valence electrons. The van der Waals surface area contributed by atoms with Crippen LogP contribution in [0.5, 0.6) is 0 Å². The molecule has 0 saturated carbocycles. The highest BCUT2D eigenvalue weighted by Crippen LogP contribution is 2.42. The van der Waals surface area contributed by atoms with Crippen LogP contribution in [0.1, 0.15) is 34.2 Å². The molecule has 0 aliphatic carbocycles. The number of carbonyl (C=O) groups is 2. The zero-order valence-electron chi connectivity index (χ0n) is 17.7. The van der Waals surface area contributed by atoms with E-state index in [1.807, 2.05) is 31.2 Å². The summed E-state index contributed by atoms with van der Waals surface area (Å²) >= 11 is 0. The lowest BCUT2D eigenvalue weighted by atomic mass is 9.86. The Morgan fingerprint density at radius 2 is 1.84 bits per heavy atom. The van der Waals surface area contributed by atoms with Crippen molar-refractivity contribution < 1.29 is 14.0 Å². The number of benzene rings is 2. The summed E-state index contributed by atoms with van der Waals surface area (Å²) in [6.07, 6.45) is 2.09. The Morgan fingerprint density at radius 3 is 2.62 bits per heavy atom. The number of hydrogen-bond acceptors (Lipinski definition) is 3. The fourth-order valence-electron chi connectivity index (χ4n) is 5.14. The summed E-state index contributed by atoms with van der Waals surface area (Å²) in [6, 6.07) is 19.1. The number of carbonyl (C=O) groups excluding carboxylic acids is 2. The summed E-state index contributed by atoms with van der Waals surface area (Å²) < 4.78 is 5.44. The number of rotatable bonds is 3. The van der Waals surface area contributed by atoms with Gasteiger partial charge in [-0.1, -0.05) is 48.0 Å². The minimum atomic E-state index is -0.538. The number of furan rings is 1. The Morgan fingerprint density at radius 1 is 1.03 bits per heavy atom. The molecule has 32 heavy (non-hydrogen) atoms. The van der Waals surface area contributed by atoms with Gasteiger partial charge in [0.05, 0.1) is 18.8 Å². The minimum absolute atomic E-state index is 0.0333. The SMILES string of the molecule is Cc1ccc(C2c3[nH]c4ccccc4c3CC3C(=O)N(Cc4ccco4)CC(=O)N32)cc1. The number of fused-ring (bicyclic) bond motifs is 4. The maximum absolute atomic E-state index is 13.6. The van der Waals surface area contributed by atoms with Crippen LogP contribution in [0.3, 0.4) is 0 Å². The van der Waals surface area contributed by atoms with Crippen molar-refractivity contribution in [2.45, 2.75) is 32.0 Å². The van der Waals surface area contributed by atoms with E-state index >= 15 is 0 Å². The first-order valence-corrected chi connectivity index (χ1v) is 10.9. The van der Waals surface area contributed by atoms with Crippen molar-refractivity contribution in [3.05, 3.63) is 95.1 Å². The van der Waals surface area contributed by atoms with E-state index in [2.05, 4.69) is 35.3 Å². The number of H-pyrrole nitrogens is 1. The Hall–Kier alpha value is -3.80. The Kier molecular flexibility index (Phi) is 4.21.